The van der Waals surface area contributed by atoms with Crippen molar-refractivity contribution in [3.8, 4) is 0 Å². The van der Waals surface area contributed by atoms with Gasteiger partial charge in [0.25, 0.3) is 10.0 Å². The second kappa shape index (κ2) is 5.58. The molecule has 0 atom stereocenters. The van der Waals surface area contributed by atoms with Crippen molar-refractivity contribution < 1.29 is 12.8 Å². The maximum atomic E-state index is 11.9. The molecule has 0 radical (unpaired) electrons. The molecule has 0 unspecified atom stereocenters. The molecule has 0 bridgehead atoms. The van der Waals surface area contributed by atoms with Crippen molar-refractivity contribution in [2.24, 2.45) is 5.10 Å². The fraction of sp³-hybridized carbons (Fsp3) is 0.0833. The standard InChI is InChI=1S/C12H11BrN2O3S/c1-9-2-5-11(18-9)8-14-15-19(16,17)12-6-3-10(13)4-7-12/h2-8,15H,1H3/b14-8-. The Morgan fingerprint density at radius 2 is 1.89 bits per heavy atom. The van der Waals surface area contributed by atoms with Gasteiger partial charge in [-0.2, -0.15) is 18.4 Å². The van der Waals surface area contributed by atoms with Crippen LogP contribution < -0.4 is 4.83 Å². The van der Waals surface area contributed by atoms with Gasteiger partial charge in [0.15, 0.2) is 0 Å². The van der Waals surface area contributed by atoms with Crippen molar-refractivity contribution in [3.63, 3.8) is 0 Å². The van der Waals surface area contributed by atoms with Gasteiger partial charge in [0.1, 0.15) is 11.5 Å². The Bertz CT molecular complexity index is 690. The van der Waals surface area contributed by atoms with E-state index in [0.717, 1.165) is 10.2 Å². The summed E-state index contributed by atoms with van der Waals surface area (Å²) in [6.45, 7) is 1.79. The molecule has 0 aliphatic rings. The molecule has 7 heteroatoms. The quantitative estimate of drug-likeness (QED) is 0.685. The lowest BCUT2D eigenvalue weighted by molar-refractivity contribution is 0.527. The normalized spacial score (nSPS) is 11.9. The van der Waals surface area contributed by atoms with E-state index in [-0.39, 0.29) is 4.90 Å². The third-order valence-corrected chi connectivity index (χ3v) is 4.02. The van der Waals surface area contributed by atoms with Crippen LogP contribution >= 0.6 is 15.9 Å². The molecule has 100 valence electrons. The van der Waals surface area contributed by atoms with Crippen LogP contribution in [0.25, 0.3) is 0 Å². The molecule has 0 aliphatic carbocycles. The van der Waals surface area contributed by atoms with E-state index < -0.39 is 10.0 Å². The van der Waals surface area contributed by atoms with Crippen molar-refractivity contribution >= 4 is 32.2 Å². The first-order valence-corrected chi connectivity index (χ1v) is 7.62. The van der Waals surface area contributed by atoms with Gasteiger partial charge in [0, 0.05) is 4.47 Å². The lowest BCUT2D eigenvalue weighted by Gasteiger charge is -2.02. The molecule has 0 spiro atoms. The number of hydrogen-bond donors (Lipinski definition) is 1. The van der Waals surface area contributed by atoms with Gasteiger partial charge in [-0.25, -0.2) is 0 Å². The van der Waals surface area contributed by atoms with Crippen LogP contribution in [0.5, 0.6) is 0 Å². The number of nitrogens with one attached hydrogen (secondary N) is 1. The van der Waals surface area contributed by atoms with E-state index in [9.17, 15) is 8.42 Å². The summed E-state index contributed by atoms with van der Waals surface area (Å²) in [4.78, 5) is 2.26. The SMILES string of the molecule is Cc1ccc(/C=N\NS(=O)(=O)c2ccc(Br)cc2)o1. The average molecular weight is 343 g/mol. The van der Waals surface area contributed by atoms with Crippen LogP contribution in [0.2, 0.25) is 0 Å². The molecule has 2 rings (SSSR count). The summed E-state index contributed by atoms with van der Waals surface area (Å²) in [6, 6.07) is 9.73. The van der Waals surface area contributed by atoms with E-state index in [1.165, 1.54) is 18.3 Å². The molecule has 1 N–H and O–H groups in total. The van der Waals surface area contributed by atoms with Crippen LogP contribution in [0, 0.1) is 6.92 Å². The zero-order valence-electron chi connectivity index (χ0n) is 10.00. The second-order valence-corrected chi connectivity index (χ2v) is 6.33. The molecule has 1 aromatic heterocycles. The van der Waals surface area contributed by atoms with Gasteiger partial charge in [0.05, 0.1) is 11.1 Å². The molecule has 0 saturated carbocycles. The van der Waals surface area contributed by atoms with Crippen molar-refractivity contribution in [1.82, 2.24) is 4.83 Å². The Hall–Kier alpha value is -1.60. The highest BCUT2D eigenvalue weighted by Crippen LogP contribution is 2.14. The van der Waals surface area contributed by atoms with Crippen molar-refractivity contribution in [1.29, 1.82) is 0 Å². The first-order chi connectivity index (χ1) is 8.97. The Morgan fingerprint density at radius 3 is 2.47 bits per heavy atom. The molecule has 0 aliphatic heterocycles. The maximum absolute atomic E-state index is 11.9. The number of halogens is 1. The highest BCUT2D eigenvalue weighted by molar-refractivity contribution is 9.10. The summed E-state index contributed by atoms with van der Waals surface area (Å²) in [5.41, 5.74) is 0. The van der Waals surface area contributed by atoms with Crippen molar-refractivity contribution in [2.75, 3.05) is 0 Å². The van der Waals surface area contributed by atoms with Crippen LogP contribution in [0.15, 0.2) is 55.3 Å². The largest absolute Gasteiger partial charge is 0.460 e. The Morgan fingerprint density at radius 1 is 1.21 bits per heavy atom. The predicted molar refractivity (Wildman–Crippen MR) is 75.5 cm³/mol. The summed E-state index contributed by atoms with van der Waals surface area (Å²) < 4.78 is 29.8. The lowest BCUT2D eigenvalue weighted by Crippen LogP contribution is -2.18. The molecule has 0 fully saturated rings. The summed E-state index contributed by atoms with van der Waals surface area (Å²) in [7, 11) is -3.65. The minimum atomic E-state index is -3.65. The third kappa shape index (κ3) is 3.68. The van der Waals surface area contributed by atoms with Crippen LogP contribution in [0.3, 0.4) is 0 Å². The van der Waals surface area contributed by atoms with Gasteiger partial charge in [-0.15, -0.1) is 0 Å². The number of benzene rings is 1. The van der Waals surface area contributed by atoms with Crippen molar-refractivity contribution in [2.45, 2.75) is 11.8 Å². The summed E-state index contributed by atoms with van der Waals surface area (Å²) in [5, 5.41) is 3.66. The molecule has 0 amide bonds. The van der Waals surface area contributed by atoms with E-state index in [1.807, 2.05) is 0 Å². The zero-order valence-corrected chi connectivity index (χ0v) is 12.4. The molecule has 2 aromatic rings. The number of aryl methyl sites for hydroxylation is 1. The number of hydrogen-bond acceptors (Lipinski definition) is 4. The molecule has 1 heterocycles. The van der Waals surface area contributed by atoms with Crippen LogP contribution in [-0.2, 0) is 10.0 Å². The average Bonchev–Trinajstić information content (AvgIpc) is 2.75. The monoisotopic (exact) mass is 342 g/mol. The first kappa shape index (κ1) is 13.8. The molecule has 0 saturated heterocycles. The van der Waals surface area contributed by atoms with Gasteiger partial charge >= 0.3 is 0 Å². The van der Waals surface area contributed by atoms with Gasteiger partial charge in [-0.3, -0.25) is 0 Å². The molecule has 5 nitrogen and oxygen atoms in total. The lowest BCUT2D eigenvalue weighted by atomic mass is 10.4. The minimum absolute atomic E-state index is 0.142. The summed E-state index contributed by atoms with van der Waals surface area (Å²) in [5.74, 6) is 1.22. The van der Waals surface area contributed by atoms with E-state index in [2.05, 4.69) is 25.9 Å². The fourth-order valence-corrected chi connectivity index (χ4v) is 2.40. The topological polar surface area (TPSA) is 71.7 Å². The number of nitrogens with zero attached hydrogens (tertiary/aromatic N) is 1. The van der Waals surface area contributed by atoms with Crippen molar-refractivity contribution in [3.05, 3.63) is 52.4 Å². The van der Waals surface area contributed by atoms with E-state index in [0.29, 0.717) is 5.76 Å². The zero-order chi connectivity index (χ0) is 13.9. The van der Waals surface area contributed by atoms with Gasteiger partial charge in [-0.05, 0) is 43.3 Å². The number of rotatable bonds is 4. The van der Waals surface area contributed by atoms with Crippen LogP contribution in [0.1, 0.15) is 11.5 Å². The highest BCUT2D eigenvalue weighted by Gasteiger charge is 2.11. The van der Waals surface area contributed by atoms with E-state index >= 15 is 0 Å². The smallest absolute Gasteiger partial charge is 0.276 e. The number of furan rings is 1. The summed E-state index contributed by atoms with van der Waals surface area (Å²) in [6.07, 6.45) is 1.31. The van der Waals surface area contributed by atoms with E-state index in [1.54, 1.807) is 31.2 Å². The van der Waals surface area contributed by atoms with E-state index in [4.69, 9.17) is 4.42 Å². The van der Waals surface area contributed by atoms with Crippen LogP contribution in [0.4, 0.5) is 0 Å². The van der Waals surface area contributed by atoms with Gasteiger partial charge in [-0.1, -0.05) is 15.9 Å². The summed E-state index contributed by atoms with van der Waals surface area (Å²) >= 11 is 3.24. The number of hydrazone groups is 1. The minimum Gasteiger partial charge on any atom is -0.460 e. The Balaban J connectivity index is 2.09. The Labute approximate surface area is 119 Å². The molecule has 1 aromatic carbocycles. The number of sulfonamides is 1. The molecule has 19 heavy (non-hydrogen) atoms. The predicted octanol–water partition coefficient (Wildman–Crippen LogP) is 2.66. The molecular formula is C12H11BrN2O3S. The Kier molecular flexibility index (Phi) is 4.06. The first-order valence-electron chi connectivity index (χ1n) is 5.34. The van der Waals surface area contributed by atoms with Gasteiger partial charge < -0.3 is 4.42 Å². The fourth-order valence-electron chi connectivity index (χ4n) is 1.35. The second-order valence-electron chi connectivity index (χ2n) is 3.76. The van der Waals surface area contributed by atoms with Gasteiger partial charge in [0.2, 0.25) is 0 Å². The third-order valence-electron chi connectivity index (χ3n) is 2.25. The maximum Gasteiger partial charge on any atom is 0.276 e. The molecular weight excluding hydrogens is 332 g/mol. The van der Waals surface area contributed by atoms with Crippen LogP contribution in [-0.4, -0.2) is 14.6 Å². The highest BCUT2D eigenvalue weighted by atomic mass is 79.9.